The molecule has 0 spiro atoms. The first-order chi connectivity index (χ1) is 19.8. The SMILES string of the molecule is COc1cc(COc2nn(-c3ccccc3)cc2/C=C/P(=O)(O)O)ccc1OCc1nc(-c2ccccc2)oc1C. The Morgan fingerprint density at radius 3 is 2.39 bits per heavy atom. The van der Waals surface area contributed by atoms with Crippen molar-refractivity contribution in [2.24, 2.45) is 0 Å². The van der Waals surface area contributed by atoms with Gasteiger partial charge in [0.2, 0.25) is 11.8 Å². The first-order valence-electron chi connectivity index (χ1n) is 12.6. The highest BCUT2D eigenvalue weighted by molar-refractivity contribution is 7.55. The molecule has 5 rings (SSSR count). The van der Waals surface area contributed by atoms with Crippen molar-refractivity contribution >= 4 is 13.7 Å². The summed E-state index contributed by atoms with van der Waals surface area (Å²) in [4.78, 5) is 23.2. The summed E-state index contributed by atoms with van der Waals surface area (Å²) in [5.74, 6) is 3.28. The zero-order chi connectivity index (χ0) is 28.8. The normalized spacial score (nSPS) is 11.6. The highest BCUT2D eigenvalue weighted by Gasteiger charge is 2.15. The molecule has 5 aromatic rings. The molecule has 3 aromatic carbocycles. The zero-order valence-corrected chi connectivity index (χ0v) is 23.3. The molecule has 0 radical (unpaired) electrons. The van der Waals surface area contributed by atoms with E-state index in [-0.39, 0.29) is 19.1 Å². The van der Waals surface area contributed by atoms with E-state index >= 15 is 0 Å². The average molecular weight is 574 g/mol. The fourth-order valence-electron chi connectivity index (χ4n) is 3.97. The molecule has 2 N–H and O–H groups in total. The van der Waals surface area contributed by atoms with Gasteiger partial charge in [0, 0.05) is 17.6 Å². The van der Waals surface area contributed by atoms with Crippen LogP contribution >= 0.6 is 7.60 Å². The third-order valence-corrected chi connectivity index (χ3v) is 6.59. The minimum atomic E-state index is -4.37. The zero-order valence-electron chi connectivity index (χ0n) is 22.4. The van der Waals surface area contributed by atoms with Gasteiger partial charge in [-0.3, -0.25) is 4.57 Å². The number of aryl methyl sites for hydroxylation is 1. The number of benzene rings is 3. The molecule has 0 aliphatic heterocycles. The van der Waals surface area contributed by atoms with Gasteiger partial charge in [0.15, 0.2) is 11.5 Å². The molecule has 0 bridgehead atoms. The van der Waals surface area contributed by atoms with Crippen LogP contribution in [-0.2, 0) is 17.8 Å². The molecule has 41 heavy (non-hydrogen) atoms. The molecule has 2 heterocycles. The van der Waals surface area contributed by atoms with Gasteiger partial charge in [0.25, 0.3) is 0 Å². The standard InChI is InChI=1S/C30H28N3O7P/c1-21-26(31-29(40-21)23-9-5-3-6-10-23)20-38-27-14-13-22(17-28(27)37-2)19-39-30-24(15-16-41(34,35)36)18-33(32-30)25-11-7-4-8-12-25/h3-18H,19-20H2,1-2H3,(H2,34,35,36)/b16-15+. The number of rotatable bonds is 11. The topological polar surface area (TPSA) is 129 Å². The van der Waals surface area contributed by atoms with Crippen LogP contribution in [0.2, 0.25) is 0 Å². The highest BCUT2D eigenvalue weighted by atomic mass is 31.2. The molecule has 11 heteroatoms. The molecule has 2 aromatic heterocycles. The number of para-hydroxylation sites is 1. The van der Waals surface area contributed by atoms with Gasteiger partial charge in [0.05, 0.1) is 18.4 Å². The van der Waals surface area contributed by atoms with Gasteiger partial charge in [-0.1, -0.05) is 42.5 Å². The lowest BCUT2D eigenvalue weighted by atomic mass is 10.2. The van der Waals surface area contributed by atoms with E-state index in [4.69, 9.17) is 18.6 Å². The van der Waals surface area contributed by atoms with Crippen LogP contribution in [0.4, 0.5) is 0 Å². The van der Waals surface area contributed by atoms with E-state index in [1.807, 2.05) is 73.7 Å². The van der Waals surface area contributed by atoms with Crippen molar-refractivity contribution in [1.82, 2.24) is 14.8 Å². The van der Waals surface area contributed by atoms with E-state index in [0.29, 0.717) is 34.4 Å². The molecule has 0 amide bonds. The number of aromatic nitrogens is 3. The third-order valence-electron chi connectivity index (χ3n) is 6.06. The Balaban J connectivity index is 1.30. The fourth-order valence-corrected chi connectivity index (χ4v) is 4.33. The Morgan fingerprint density at radius 2 is 1.68 bits per heavy atom. The lowest BCUT2D eigenvalue weighted by Gasteiger charge is -2.12. The van der Waals surface area contributed by atoms with Crippen LogP contribution in [0.1, 0.15) is 22.6 Å². The monoisotopic (exact) mass is 573 g/mol. The molecule has 0 fully saturated rings. The molecule has 0 aliphatic carbocycles. The van der Waals surface area contributed by atoms with Crippen molar-refractivity contribution in [3.05, 3.63) is 113 Å². The van der Waals surface area contributed by atoms with Crippen LogP contribution in [-0.4, -0.2) is 31.7 Å². The number of hydrogen-bond acceptors (Lipinski definition) is 7. The Labute approximate surface area is 236 Å². The van der Waals surface area contributed by atoms with E-state index in [1.165, 1.54) is 6.08 Å². The van der Waals surface area contributed by atoms with E-state index < -0.39 is 7.60 Å². The molecular weight excluding hydrogens is 545 g/mol. The Hall–Kier alpha value is -4.63. The first-order valence-corrected chi connectivity index (χ1v) is 14.3. The smallest absolute Gasteiger partial charge is 0.349 e. The van der Waals surface area contributed by atoms with Crippen LogP contribution in [0.3, 0.4) is 0 Å². The third kappa shape index (κ3) is 7.12. The maximum absolute atomic E-state index is 11.4. The van der Waals surface area contributed by atoms with Gasteiger partial charge in [-0.2, -0.15) is 0 Å². The van der Waals surface area contributed by atoms with E-state index in [1.54, 1.807) is 30.1 Å². The van der Waals surface area contributed by atoms with Crippen molar-refractivity contribution in [2.75, 3.05) is 7.11 Å². The predicted molar refractivity (Wildman–Crippen MR) is 153 cm³/mol. The molecule has 0 aliphatic rings. The largest absolute Gasteiger partial charge is 0.493 e. The fraction of sp³-hybridized carbons (Fsp3) is 0.133. The maximum Gasteiger partial charge on any atom is 0.349 e. The van der Waals surface area contributed by atoms with Crippen molar-refractivity contribution in [2.45, 2.75) is 20.1 Å². The number of ether oxygens (including phenoxy) is 3. The van der Waals surface area contributed by atoms with Crippen LogP contribution < -0.4 is 14.2 Å². The lowest BCUT2D eigenvalue weighted by Crippen LogP contribution is -2.02. The summed E-state index contributed by atoms with van der Waals surface area (Å²) < 4.78 is 36.3. The van der Waals surface area contributed by atoms with Gasteiger partial charge >= 0.3 is 7.60 Å². The molecular formula is C30H28N3O7P. The van der Waals surface area contributed by atoms with E-state index in [9.17, 15) is 14.4 Å². The second kappa shape index (κ2) is 12.3. The van der Waals surface area contributed by atoms with E-state index in [2.05, 4.69) is 10.1 Å². The van der Waals surface area contributed by atoms with E-state index in [0.717, 1.165) is 22.6 Å². The first kappa shape index (κ1) is 27.9. The summed E-state index contributed by atoms with van der Waals surface area (Å²) in [6, 6.07) is 24.4. The highest BCUT2D eigenvalue weighted by Crippen LogP contribution is 2.38. The Kier molecular flexibility index (Phi) is 8.35. The van der Waals surface area contributed by atoms with Crippen LogP contribution in [0.15, 0.2) is 95.3 Å². The summed E-state index contributed by atoms with van der Waals surface area (Å²) >= 11 is 0. The summed E-state index contributed by atoms with van der Waals surface area (Å²) in [7, 11) is -2.82. The molecule has 10 nitrogen and oxygen atoms in total. The van der Waals surface area contributed by atoms with Gasteiger partial charge in [0.1, 0.15) is 24.7 Å². The second-order valence-corrected chi connectivity index (χ2v) is 10.5. The Bertz CT molecular complexity index is 1690. The van der Waals surface area contributed by atoms with Gasteiger partial charge in [-0.25, -0.2) is 9.67 Å². The predicted octanol–water partition coefficient (Wildman–Crippen LogP) is 6.15. The van der Waals surface area contributed by atoms with Gasteiger partial charge in [-0.15, -0.1) is 5.10 Å². The lowest BCUT2D eigenvalue weighted by molar-refractivity contribution is 0.275. The van der Waals surface area contributed by atoms with Crippen molar-refractivity contribution in [3.8, 4) is 34.5 Å². The summed E-state index contributed by atoms with van der Waals surface area (Å²) in [6.45, 7) is 2.17. The van der Waals surface area contributed by atoms with Crippen LogP contribution in [0, 0.1) is 6.92 Å². The molecule has 0 atom stereocenters. The number of methoxy groups -OCH3 is 1. The van der Waals surface area contributed by atoms with Gasteiger partial charge < -0.3 is 28.4 Å². The van der Waals surface area contributed by atoms with Gasteiger partial charge in [-0.05, 0) is 55.0 Å². The van der Waals surface area contributed by atoms with Crippen LogP contribution in [0.25, 0.3) is 23.2 Å². The number of nitrogens with zero attached hydrogens (tertiary/aromatic N) is 3. The summed E-state index contributed by atoms with van der Waals surface area (Å²) in [6.07, 6.45) is 2.94. The summed E-state index contributed by atoms with van der Waals surface area (Å²) in [5.41, 5.74) is 3.54. The molecule has 0 saturated heterocycles. The summed E-state index contributed by atoms with van der Waals surface area (Å²) in [5, 5.41) is 4.47. The minimum Gasteiger partial charge on any atom is -0.493 e. The number of hydrogen-bond donors (Lipinski definition) is 2. The number of oxazole rings is 1. The minimum absolute atomic E-state index is 0.127. The molecule has 0 saturated carbocycles. The van der Waals surface area contributed by atoms with Crippen molar-refractivity contribution < 1.29 is 33.0 Å². The van der Waals surface area contributed by atoms with Crippen molar-refractivity contribution in [1.29, 1.82) is 0 Å². The Morgan fingerprint density at radius 1 is 0.951 bits per heavy atom. The van der Waals surface area contributed by atoms with Crippen molar-refractivity contribution in [3.63, 3.8) is 0 Å². The second-order valence-electron chi connectivity index (χ2n) is 9.03. The molecule has 210 valence electrons. The van der Waals surface area contributed by atoms with Crippen LogP contribution in [0.5, 0.6) is 17.4 Å². The molecule has 0 unspecified atom stereocenters. The average Bonchev–Trinajstić information content (AvgIpc) is 3.57. The quantitative estimate of drug-likeness (QED) is 0.179. The maximum atomic E-state index is 11.4.